The number of methoxy groups -OCH3 is 2. The molecule has 0 bridgehead atoms. The zero-order valence-corrected chi connectivity index (χ0v) is 15.4. The molecule has 6 nitrogen and oxygen atoms in total. The molecule has 2 aromatic rings. The molecule has 0 saturated carbocycles. The maximum absolute atomic E-state index is 13.4. The molecule has 9 heteroatoms. The Morgan fingerprint density at radius 2 is 1.67 bits per heavy atom. The zero-order chi connectivity index (χ0) is 19.8. The molecule has 0 atom stereocenters. The fourth-order valence-corrected chi connectivity index (χ4v) is 4.16. The standard InChI is InChI=1S/C18H17F2NO5S/c1-25-17(26-2)10-21-9-11-3-4-12(7-14(11)18(21)22)27(23,24)13-5-6-15(19)16(20)8-13/h3-8,17H,9-10H2,1-2H3. The van der Waals surface area contributed by atoms with E-state index in [9.17, 15) is 22.0 Å². The van der Waals surface area contributed by atoms with Crippen LogP contribution in [0, 0.1) is 11.6 Å². The molecule has 0 unspecified atom stereocenters. The molecule has 1 aliphatic heterocycles. The lowest BCUT2D eigenvalue weighted by molar-refractivity contribution is -0.112. The monoisotopic (exact) mass is 397 g/mol. The van der Waals surface area contributed by atoms with Crippen LogP contribution >= 0.6 is 0 Å². The Kier molecular flexibility index (Phi) is 5.27. The van der Waals surface area contributed by atoms with Crippen molar-refractivity contribution in [3.8, 4) is 0 Å². The van der Waals surface area contributed by atoms with Gasteiger partial charge in [0, 0.05) is 26.3 Å². The average Bonchev–Trinajstić information content (AvgIpc) is 2.97. The first kappa shape index (κ1) is 19.4. The second-order valence-corrected chi connectivity index (χ2v) is 7.93. The van der Waals surface area contributed by atoms with Crippen LogP contribution in [0.2, 0.25) is 0 Å². The molecule has 0 spiro atoms. The summed E-state index contributed by atoms with van der Waals surface area (Å²) in [5.74, 6) is -2.75. The summed E-state index contributed by atoms with van der Waals surface area (Å²) in [7, 11) is -1.19. The smallest absolute Gasteiger partial charge is 0.254 e. The maximum Gasteiger partial charge on any atom is 0.254 e. The van der Waals surface area contributed by atoms with Crippen molar-refractivity contribution in [3.63, 3.8) is 0 Å². The summed E-state index contributed by atoms with van der Waals surface area (Å²) in [5.41, 5.74) is 0.903. The predicted octanol–water partition coefficient (Wildman–Crippen LogP) is 2.37. The number of sulfone groups is 1. The Morgan fingerprint density at radius 3 is 2.30 bits per heavy atom. The van der Waals surface area contributed by atoms with Crippen LogP contribution in [0.3, 0.4) is 0 Å². The minimum Gasteiger partial charge on any atom is -0.354 e. The molecular formula is C18H17F2NO5S. The van der Waals surface area contributed by atoms with E-state index in [-0.39, 0.29) is 27.8 Å². The average molecular weight is 397 g/mol. The van der Waals surface area contributed by atoms with Crippen molar-refractivity contribution < 1.29 is 31.5 Å². The number of rotatable bonds is 6. The van der Waals surface area contributed by atoms with Gasteiger partial charge in [0.15, 0.2) is 17.9 Å². The minimum absolute atomic E-state index is 0.169. The van der Waals surface area contributed by atoms with Crippen molar-refractivity contribution >= 4 is 15.7 Å². The lowest BCUT2D eigenvalue weighted by atomic mass is 10.1. The van der Waals surface area contributed by atoms with Crippen LogP contribution in [0.25, 0.3) is 0 Å². The van der Waals surface area contributed by atoms with E-state index in [4.69, 9.17) is 9.47 Å². The molecule has 3 rings (SSSR count). The van der Waals surface area contributed by atoms with Crippen molar-refractivity contribution in [3.05, 3.63) is 59.2 Å². The molecule has 144 valence electrons. The van der Waals surface area contributed by atoms with E-state index in [1.807, 2.05) is 0 Å². The summed E-state index contributed by atoms with van der Waals surface area (Å²) >= 11 is 0. The predicted molar refractivity (Wildman–Crippen MR) is 90.8 cm³/mol. The lowest BCUT2D eigenvalue weighted by Gasteiger charge is -2.21. The topological polar surface area (TPSA) is 72.9 Å². The molecule has 27 heavy (non-hydrogen) atoms. The van der Waals surface area contributed by atoms with Crippen LogP contribution < -0.4 is 0 Å². The highest BCUT2D eigenvalue weighted by molar-refractivity contribution is 7.91. The Labute approximate surface area is 155 Å². The van der Waals surface area contributed by atoms with Gasteiger partial charge < -0.3 is 14.4 Å². The molecule has 0 fully saturated rings. The number of carbonyl (C=O) groups excluding carboxylic acids is 1. The summed E-state index contributed by atoms with van der Waals surface area (Å²) < 4.78 is 62.1. The van der Waals surface area contributed by atoms with Crippen LogP contribution in [0.4, 0.5) is 8.78 Å². The van der Waals surface area contributed by atoms with Crippen molar-refractivity contribution in [2.75, 3.05) is 20.8 Å². The second-order valence-electron chi connectivity index (χ2n) is 5.98. The molecule has 0 N–H and O–H groups in total. The van der Waals surface area contributed by atoms with Crippen molar-refractivity contribution in [1.29, 1.82) is 0 Å². The molecule has 1 aliphatic rings. The number of hydrogen-bond acceptors (Lipinski definition) is 5. The van der Waals surface area contributed by atoms with Gasteiger partial charge >= 0.3 is 0 Å². The van der Waals surface area contributed by atoms with Crippen molar-refractivity contribution in [1.82, 2.24) is 4.90 Å². The highest BCUT2D eigenvalue weighted by Crippen LogP contribution is 2.29. The number of nitrogens with zero attached hydrogens (tertiary/aromatic N) is 1. The fraction of sp³-hybridized carbons (Fsp3) is 0.278. The summed E-state index contributed by atoms with van der Waals surface area (Å²) in [6.45, 7) is 0.481. The van der Waals surface area contributed by atoms with Crippen molar-refractivity contribution in [2.45, 2.75) is 22.6 Å². The summed E-state index contributed by atoms with van der Waals surface area (Å²) in [5, 5.41) is 0. The van der Waals surface area contributed by atoms with Crippen LogP contribution in [-0.2, 0) is 25.9 Å². The first-order valence-corrected chi connectivity index (χ1v) is 9.44. The normalized spacial score (nSPS) is 14.1. The highest BCUT2D eigenvalue weighted by Gasteiger charge is 2.31. The van der Waals surface area contributed by atoms with Gasteiger partial charge in [0.25, 0.3) is 5.91 Å². The van der Waals surface area contributed by atoms with E-state index in [1.54, 1.807) is 0 Å². The summed E-state index contributed by atoms with van der Waals surface area (Å²) in [4.78, 5) is 13.5. The quantitative estimate of drug-likeness (QED) is 0.553. The molecule has 1 amide bonds. The molecule has 0 aromatic heterocycles. The second kappa shape index (κ2) is 7.34. The molecule has 0 aliphatic carbocycles. The summed E-state index contributed by atoms with van der Waals surface area (Å²) in [6.07, 6.45) is -0.603. The van der Waals surface area contributed by atoms with Gasteiger partial charge in [0.2, 0.25) is 9.84 Å². The number of benzene rings is 2. The number of ether oxygens (including phenoxy) is 2. The number of amides is 1. The van der Waals surface area contributed by atoms with Gasteiger partial charge in [-0.3, -0.25) is 4.79 Å². The lowest BCUT2D eigenvalue weighted by Crippen LogP contribution is -2.34. The molecule has 0 saturated heterocycles. The van der Waals surface area contributed by atoms with Crippen LogP contribution in [0.15, 0.2) is 46.2 Å². The van der Waals surface area contributed by atoms with Crippen LogP contribution in [0.1, 0.15) is 15.9 Å². The van der Waals surface area contributed by atoms with Gasteiger partial charge in [0.1, 0.15) is 0 Å². The van der Waals surface area contributed by atoms with E-state index >= 15 is 0 Å². The summed E-state index contributed by atoms with van der Waals surface area (Å²) in [6, 6.07) is 6.48. The van der Waals surface area contributed by atoms with Gasteiger partial charge in [-0.05, 0) is 35.9 Å². The van der Waals surface area contributed by atoms with E-state index in [1.165, 1.54) is 37.3 Å². The molecule has 1 heterocycles. The van der Waals surface area contributed by atoms with E-state index in [0.717, 1.165) is 12.1 Å². The number of hydrogen-bond donors (Lipinski definition) is 0. The first-order valence-electron chi connectivity index (χ1n) is 7.96. The Bertz CT molecular complexity index is 989. The molecule has 2 aromatic carbocycles. The third-order valence-electron chi connectivity index (χ3n) is 4.37. The third-order valence-corrected chi connectivity index (χ3v) is 6.12. The number of halogens is 2. The highest BCUT2D eigenvalue weighted by atomic mass is 32.2. The zero-order valence-electron chi connectivity index (χ0n) is 14.6. The SMILES string of the molecule is COC(CN1Cc2ccc(S(=O)(=O)c3ccc(F)c(F)c3)cc2C1=O)OC. The van der Waals surface area contributed by atoms with Crippen molar-refractivity contribution in [2.24, 2.45) is 0 Å². The Hall–Kier alpha value is -2.36. The largest absolute Gasteiger partial charge is 0.354 e. The van der Waals surface area contributed by atoms with E-state index in [0.29, 0.717) is 18.2 Å². The van der Waals surface area contributed by atoms with Gasteiger partial charge in [-0.25, -0.2) is 17.2 Å². The van der Waals surface area contributed by atoms with Gasteiger partial charge in [-0.15, -0.1) is 0 Å². The van der Waals surface area contributed by atoms with E-state index < -0.39 is 27.8 Å². The molecular weight excluding hydrogens is 380 g/mol. The minimum atomic E-state index is -4.10. The number of carbonyl (C=O) groups is 1. The van der Waals surface area contributed by atoms with Crippen LogP contribution in [-0.4, -0.2) is 46.3 Å². The fourth-order valence-electron chi connectivity index (χ4n) is 2.86. The first-order chi connectivity index (χ1) is 12.8. The van der Waals surface area contributed by atoms with Gasteiger partial charge in [-0.1, -0.05) is 6.07 Å². The Morgan fingerprint density at radius 1 is 1.04 bits per heavy atom. The maximum atomic E-state index is 13.4. The molecule has 0 radical (unpaired) electrons. The third kappa shape index (κ3) is 3.58. The Balaban J connectivity index is 1.93. The van der Waals surface area contributed by atoms with Crippen LogP contribution in [0.5, 0.6) is 0 Å². The van der Waals surface area contributed by atoms with E-state index in [2.05, 4.69) is 0 Å². The number of fused-ring (bicyclic) bond motifs is 1. The van der Waals surface area contributed by atoms with Gasteiger partial charge in [0.05, 0.1) is 16.3 Å². The van der Waals surface area contributed by atoms with Gasteiger partial charge in [-0.2, -0.15) is 0 Å².